The molecule has 0 radical (unpaired) electrons. The number of carbonyl (C=O) groups is 3. The molecule has 3 rings (SSSR count). The van der Waals surface area contributed by atoms with E-state index in [2.05, 4.69) is 5.32 Å². The van der Waals surface area contributed by atoms with Crippen LogP contribution in [0, 0.1) is 0 Å². The third-order valence-corrected chi connectivity index (χ3v) is 3.93. The maximum Gasteiger partial charge on any atom is 0.277 e. The van der Waals surface area contributed by atoms with Crippen LogP contribution in [0.1, 0.15) is 6.92 Å². The lowest BCUT2D eigenvalue weighted by Gasteiger charge is -2.31. The van der Waals surface area contributed by atoms with E-state index in [1.807, 2.05) is 0 Å². The van der Waals surface area contributed by atoms with Crippen LogP contribution in [0.15, 0.2) is 30.0 Å². The molecule has 2 heterocycles. The van der Waals surface area contributed by atoms with Gasteiger partial charge in [0.05, 0.1) is 24.5 Å². The Morgan fingerprint density at radius 1 is 1.29 bits per heavy atom. The first-order valence-corrected chi connectivity index (χ1v) is 7.46. The zero-order valence-corrected chi connectivity index (χ0v) is 13.3. The number of rotatable bonds is 4. The Morgan fingerprint density at radius 2 is 2.04 bits per heavy atom. The molecule has 2 N–H and O–H groups in total. The number of nitrogens with zero attached hydrogens (tertiary/aromatic N) is 2. The van der Waals surface area contributed by atoms with Crippen molar-refractivity contribution >= 4 is 29.1 Å². The van der Waals surface area contributed by atoms with Crippen LogP contribution in [0.3, 0.4) is 0 Å². The fourth-order valence-electron chi connectivity index (χ4n) is 2.68. The Labute approximate surface area is 138 Å². The molecule has 126 valence electrons. The molecular weight excluding hydrogens is 314 g/mol. The zero-order valence-electron chi connectivity index (χ0n) is 13.3. The van der Waals surface area contributed by atoms with Gasteiger partial charge in [-0.25, -0.2) is 0 Å². The molecule has 0 spiro atoms. The number of para-hydroxylation sites is 1. The van der Waals surface area contributed by atoms with Gasteiger partial charge < -0.3 is 20.1 Å². The van der Waals surface area contributed by atoms with Crippen molar-refractivity contribution in [2.75, 3.05) is 30.4 Å². The normalized spacial score (nSPS) is 20.0. The number of amides is 3. The summed E-state index contributed by atoms with van der Waals surface area (Å²) in [5.41, 5.74) is 1.15. The Morgan fingerprint density at radius 3 is 2.75 bits per heavy atom. The number of nitrogens with one attached hydrogen (secondary N) is 1. The smallest absolute Gasteiger partial charge is 0.277 e. The highest BCUT2D eigenvalue weighted by atomic mass is 16.5. The van der Waals surface area contributed by atoms with Crippen LogP contribution in [0.25, 0.3) is 0 Å². The summed E-state index contributed by atoms with van der Waals surface area (Å²) in [6, 6.07) is 5.15. The molecule has 1 aromatic carbocycles. The minimum absolute atomic E-state index is 0.0585. The summed E-state index contributed by atoms with van der Waals surface area (Å²) in [5.74, 6) is -0.725. The lowest BCUT2D eigenvalue weighted by molar-refractivity contribution is -0.137. The molecule has 0 aliphatic carbocycles. The van der Waals surface area contributed by atoms with E-state index in [0.717, 1.165) is 4.90 Å². The van der Waals surface area contributed by atoms with E-state index in [9.17, 15) is 14.4 Å². The minimum Gasteiger partial charge on any atom is -0.476 e. The average molecular weight is 331 g/mol. The molecule has 24 heavy (non-hydrogen) atoms. The molecule has 2 aliphatic heterocycles. The predicted molar refractivity (Wildman–Crippen MR) is 85.5 cm³/mol. The number of carbonyl (C=O) groups excluding carboxylic acids is 3. The molecule has 0 bridgehead atoms. The van der Waals surface area contributed by atoms with Gasteiger partial charge in [-0.1, -0.05) is 6.07 Å². The second kappa shape index (κ2) is 5.97. The Bertz CT molecular complexity index is 758. The summed E-state index contributed by atoms with van der Waals surface area (Å²) in [7, 11) is 1.65. The van der Waals surface area contributed by atoms with Crippen molar-refractivity contribution in [1.29, 1.82) is 0 Å². The number of fused-ring (bicyclic) bond motifs is 1. The van der Waals surface area contributed by atoms with Crippen LogP contribution in [0.4, 0.5) is 11.4 Å². The largest absolute Gasteiger partial charge is 0.476 e. The fourth-order valence-corrected chi connectivity index (χ4v) is 2.68. The van der Waals surface area contributed by atoms with E-state index in [0.29, 0.717) is 17.1 Å². The van der Waals surface area contributed by atoms with Gasteiger partial charge >= 0.3 is 0 Å². The molecular formula is C16H17N3O5. The summed E-state index contributed by atoms with van der Waals surface area (Å²) < 4.78 is 5.66. The number of likely N-dealkylation sites (N-methyl/N-ethyl adjacent to an activating group) is 1. The number of benzene rings is 1. The molecule has 8 heteroatoms. The maximum atomic E-state index is 12.2. The number of hydrogen-bond donors (Lipinski definition) is 2. The predicted octanol–water partition coefficient (Wildman–Crippen LogP) is 0.0872. The quantitative estimate of drug-likeness (QED) is 0.759. The van der Waals surface area contributed by atoms with E-state index in [1.165, 1.54) is 11.0 Å². The highest BCUT2D eigenvalue weighted by molar-refractivity contribution is 6.17. The summed E-state index contributed by atoms with van der Waals surface area (Å²) in [6.45, 7) is 1.29. The lowest BCUT2D eigenvalue weighted by atomic mass is 10.1. The van der Waals surface area contributed by atoms with Crippen molar-refractivity contribution in [3.63, 3.8) is 0 Å². The Balaban J connectivity index is 1.90. The Kier molecular flexibility index (Phi) is 3.98. The number of aliphatic hydroxyl groups excluding tert-OH is 1. The van der Waals surface area contributed by atoms with Gasteiger partial charge in [0.15, 0.2) is 11.9 Å². The van der Waals surface area contributed by atoms with Crippen LogP contribution < -0.4 is 15.0 Å². The SMILES string of the molecule is CC1Oc2c(NC3=CC(=O)N(CCO)C3=O)cccc2N(C)C1=O. The first-order valence-electron chi connectivity index (χ1n) is 7.46. The maximum absolute atomic E-state index is 12.2. The second-order valence-electron chi connectivity index (χ2n) is 5.51. The molecule has 1 unspecified atom stereocenters. The van der Waals surface area contributed by atoms with Crippen molar-refractivity contribution in [3.8, 4) is 5.75 Å². The van der Waals surface area contributed by atoms with Crippen molar-refractivity contribution in [1.82, 2.24) is 4.90 Å². The van der Waals surface area contributed by atoms with Gasteiger partial charge in [-0.3, -0.25) is 19.3 Å². The van der Waals surface area contributed by atoms with Crippen LogP contribution in [0.2, 0.25) is 0 Å². The van der Waals surface area contributed by atoms with Gasteiger partial charge in [-0.2, -0.15) is 0 Å². The Hall–Kier alpha value is -2.87. The average Bonchev–Trinajstić information content (AvgIpc) is 2.81. The number of imide groups is 1. The number of β-amino-alcohol motifs (C(OH)–C–C–N with tert-alkyl or cyclic N) is 1. The number of aliphatic hydroxyl groups is 1. The van der Waals surface area contributed by atoms with Crippen LogP contribution in [-0.4, -0.2) is 54.0 Å². The molecule has 0 fully saturated rings. The summed E-state index contributed by atoms with van der Waals surface area (Å²) in [4.78, 5) is 38.5. The molecule has 8 nitrogen and oxygen atoms in total. The molecule has 2 aliphatic rings. The fraction of sp³-hybridized carbons (Fsp3) is 0.312. The van der Waals surface area contributed by atoms with Gasteiger partial charge in [0.25, 0.3) is 17.7 Å². The van der Waals surface area contributed by atoms with Crippen molar-refractivity contribution in [3.05, 3.63) is 30.0 Å². The molecule has 0 saturated carbocycles. The molecule has 0 aromatic heterocycles. The second-order valence-corrected chi connectivity index (χ2v) is 5.51. The van der Waals surface area contributed by atoms with Gasteiger partial charge in [0.1, 0.15) is 5.70 Å². The highest BCUT2D eigenvalue weighted by Crippen LogP contribution is 2.40. The summed E-state index contributed by atoms with van der Waals surface area (Å²) in [6.07, 6.45) is 0.532. The zero-order chi connectivity index (χ0) is 17.4. The number of hydrogen-bond acceptors (Lipinski definition) is 6. The number of ether oxygens (including phenoxy) is 1. The summed E-state index contributed by atoms with van der Waals surface area (Å²) in [5, 5.41) is 11.8. The highest BCUT2D eigenvalue weighted by Gasteiger charge is 2.34. The van der Waals surface area contributed by atoms with E-state index < -0.39 is 17.9 Å². The van der Waals surface area contributed by atoms with Crippen LogP contribution >= 0.6 is 0 Å². The van der Waals surface area contributed by atoms with E-state index in [-0.39, 0.29) is 24.8 Å². The monoisotopic (exact) mass is 331 g/mol. The topological polar surface area (TPSA) is 99.2 Å². The molecule has 0 saturated heterocycles. The molecule has 1 aromatic rings. The first-order chi connectivity index (χ1) is 11.4. The standard InChI is InChI=1S/C16H17N3O5/c1-9-15(22)18(2)12-5-3-4-10(14(12)24-9)17-11-8-13(21)19(6-7-20)16(11)23/h3-5,8-9,17,20H,6-7H2,1-2H3. The van der Waals surface area contributed by atoms with Gasteiger partial charge in [-0.15, -0.1) is 0 Å². The van der Waals surface area contributed by atoms with E-state index in [1.54, 1.807) is 32.2 Å². The van der Waals surface area contributed by atoms with Crippen LogP contribution in [-0.2, 0) is 14.4 Å². The molecule has 1 atom stereocenters. The third kappa shape index (κ3) is 2.50. The van der Waals surface area contributed by atoms with Crippen LogP contribution in [0.5, 0.6) is 5.75 Å². The molecule has 3 amide bonds. The van der Waals surface area contributed by atoms with Gasteiger partial charge in [0.2, 0.25) is 0 Å². The first kappa shape index (κ1) is 16.0. The third-order valence-electron chi connectivity index (χ3n) is 3.93. The van der Waals surface area contributed by atoms with E-state index in [4.69, 9.17) is 9.84 Å². The van der Waals surface area contributed by atoms with Gasteiger partial charge in [0, 0.05) is 13.1 Å². The van der Waals surface area contributed by atoms with E-state index >= 15 is 0 Å². The number of anilines is 2. The van der Waals surface area contributed by atoms with Crippen molar-refractivity contribution in [2.45, 2.75) is 13.0 Å². The van der Waals surface area contributed by atoms with Crippen molar-refractivity contribution < 1.29 is 24.2 Å². The lowest BCUT2D eigenvalue weighted by Crippen LogP contribution is -2.42. The summed E-state index contributed by atoms with van der Waals surface area (Å²) >= 11 is 0. The minimum atomic E-state index is -0.647. The van der Waals surface area contributed by atoms with Crippen molar-refractivity contribution in [2.24, 2.45) is 0 Å². The van der Waals surface area contributed by atoms with Gasteiger partial charge in [-0.05, 0) is 19.1 Å².